The lowest BCUT2D eigenvalue weighted by Crippen LogP contribution is -1.92. The van der Waals surface area contributed by atoms with Gasteiger partial charge in [-0.25, -0.2) is 0 Å². The first-order valence-electron chi connectivity index (χ1n) is 3.73. The van der Waals surface area contributed by atoms with E-state index in [0.717, 1.165) is 0 Å². The minimum Gasteiger partial charge on any atom is -0.277 e. The topological polar surface area (TPSA) is 97.5 Å². The standard InChI is InChI=1S/C7H7NO5S2/c9-8(10)7-3-1-6(2-4-7)5-14-15(11,12)13/h1-4H,5H2,(H,11,12,13). The second-order valence-corrected chi connectivity index (χ2v) is 5.96. The Bertz CT molecular complexity index is 453. The maximum Gasteiger partial charge on any atom is 0.320 e. The van der Waals surface area contributed by atoms with Gasteiger partial charge in [-0.2, -0.15) is 8.42 Å². The number of nitro benzene ring substituents is 1. The monoisotopic (exact) mass is 249 g/mol. The van der Waals surface area contributed by atoms with Crippen LogP contribution in [-0.2, 0) is 14.9 Å². The summed E-state index contributed by atoms with van der Waals surface area (Å²) < 4.78 is 29.2. The molecule has 0 heterocycles. The van der Waals surface area contributed by atoms with E-state index in [4.69, 9.17) is 4.55 Å². The Kier molecular flexibility index (Phi) is 3.66. The maximum atomic E-state index is 10.4. The van der Waals surface area contributed by atoms with Crippen LogP contribution in [0.5, 0.6) is 0 Å². The molecule has 0 radical (unpaired) electrons. The number of nitrogens with zero attached hydrogens (tertiary/aromatic N) is 1. The van der Waals surface area contributed by atoms with Gasteiger partial charge in [0.2, 0.25) is 0 Å². The van der Waals surface area contributed by atoms with Crippen molar-refractivity contribution >= 4 is 25.6 Å². The van der Waals surface area contributed by atoms with Gasteiger partial charge < -0.3 is 0 Å². The fourth-order valence-electron chi connectivity index (χ4n) is 0.856. The summed E-state index contributed by atoms with van der Waals surface area (Å²) in [6, 6.07) is 5.44. The highest BCUT2D eigenvalue weighted by Crippen LogP contribution is 2.19. The van der Waals surface area contributed by atoms with E-state index in [1.165, 1.54) is 24.3 Å². The van der Waals surface area contributed by atoms with Gasteiger partial charge in [-0.15, -0.1) is 0 Å². The predicted molar refractivity (Wildman–Crippen MR) is 55.9 cm³/mol. The molecule has 8 heteroatoms. The molecule has 0 amide bonds. The minimum absolute atomic E-state index is 0.0524. The van der Waals surface area contributed by atoms with Crippen LogP contribution in [0.2, 0.25) is 0 Å². The summed E-state index contributed by atoms with van der Waals surface area (Å²) in [5, 5.41) is 10.3. The fourth-order valence-corrected chi connectivity index (χ4v) is 2.19. The van der Waals surface area contributed by atoms with Crippen LogP contribution < -0.4 is 0 Å². The van der Waals surface area contributed by atoms with E-state index in [0.29, 0.717) is 16.4 Å². The molecule has 6 nitrogen and oxygen atoms in total. The van der Waals surface area contributed by atoms with Crippen molar-refractivity contribution in [2.75, 3.05) is 0 Å². The predicted octanol–water partition coefficient (Wildman–Crippen LogP) is 1.63. The third-order valence-electron chi connectivity index (χ3n) is 1.52. The molecule has 1 aromatic carbocycles. The lowest BCUT2D eigenvalue weighted by molar-refractivity contribution is -0.384. The highest BCUT2D eigenvalue weighted by atomic mass is 33.1. The molecule has 0 aliphatic rings. The number of hydrogen-bond donors (Lipinski definition) is 1. The first-order chi connectivity index (χ1) is 6.88. The average Bonchev–Trinajstić information content (AvgIpc) is 2.14. The van der Waals surface area contributed by atoms with Gasteiger partial charge in [-0.1, -0.05) is 12.1 Å². The normalized spacial score (nSPS) is 11.3. The zero-order valence-electron chi connectivity index (χ0n) is 7.36. The molecule has 0 saturated heterocycles. The molecule has 0 atom stereocenters. The molecular weight excluding hydrogens is 242 g/mol. The highest BCUT2D eigenvalue weighted by Gasteiger charge is 2.08. The molecule has 0 aliphatic carbocycles. The molecule has 0 fully saturated rings. The van der Waals surface area contributed by atoms with Crippen LogP contribution in [0, 0.1) is 10.1 Å². The van der Waals surface area contributed by atoms with Crippen molar-refractivity contribution in [2.45, 2.75) is 5.75 Å². The molecule has 0 aromatic heterocycles. The van der Waals surface area contributed by atoms with Crippen molar-refractivity contribution in [2.24, 2.45) is 0 Å². The molecule has 0 aliphatic heterocycles. The van der Waals surface area contributed by atoms with Crippen molar-refractivity contribution in [3.05, 3.63) is 39.9 Å². The van der Waals surface area contributed by atoms with Crippen molar-refractivity contribution in [1.82, 2.24) is 0 Å². The molecule has 1 aromatic rings. The molecule has 0 spiro atoms. The zero-order chi connectivity index (χ0) is 11.5. The molecule has 0 saturated carbocycles. The molecule has 15 heavy (non-hydrogen) atoms. The van der Waals surface area contributed by atoms with E-state index < -0.39 is 14.1 Å². The van der Waals surface area contributed by atoms with Crippen molar-refractivity contribution in [3.8, 4) is 0 Å². The third-order valence-corrected chi connectivity index (χ3v) is 3.52. The van der Waals surface area contributed by atoms with Gasteiger partial charge in [-0.3, -0.25) is 14.7 Å². The molecule has 0 unspecified atom stereocenters. The smallest absolute Gasteiger partial charge is 0.277 e. The SMILES string of the molecule is O=[N+]([O-])c1ccc(CSS(=O)(=O)O)cc1. The average molecular weight is 249 g/mol. The Morgan fingerprint density at radius 3 is 2.27 bits per heavy atom. The van der Waals surface area contributed by atoms with Crippen LogP contribution in [0.4, 0.5) is 5.69 Å². The number of nitro groups is 1. The number of hydrogen-bond acceptors (Lipinski definition) is 5. The number of non-ortho nitro benzene ring substituents is 1. The van der Waals surface area contributed by atoms with Crippen LogP contribution in [-0.4, -0.2) is 17.9 Å². The maximum absolute atomic E-state index is 10.4. The lowest BCUT2D eigenvalue weighted by Gasteiger charge is -1.98. The summed E-state index contributed by atoms with van der Waals surface area (Å²) in [4.78, 5) is 9.75. The van der Waals surface area contributed by atoms with E-state index in [1.54, 1.807) is 0 Å². The molecule has 82 valence electrons. The van der Waals surface area contributed by atoms with Crippen molar-refractivity contribution in [1.29, 1.82) is 0 Å². The fraction of sp³-hybridized carbons (Fsp3) is 0.143. The Morgan fingerprint density at radius 2 is 1.87 bits per heavy atom. The van der Waals surface area contributed by atoms with Crippen LogP contribution in [0.3, 0.4) is 0 Å². The van der Waals surface area contributed by atoms with Gasteiger partial charge in [0.15, 0.2) is 0 Å². The largest absolute Gasteiger partial charge is 0.320 e. The second kappa shape index (κ2) is 4.60. The van der Waals surface area contributed by atoms with Gasteiger partial charge in [0.25, 0.3) is 5.69 Å². The summed E-state index contributed by atoms with van der Waals surface area (Å²) in [6.07, 6.45) is 0. The number of benzene rings is 1. The van der Waals surface area contributed by atoms with Gasteiger partial charge in [0.1, 0.15) is 0 Å². The first-order valence-corrected chi connectivity index (χ1v) is 6.68. The Labute approximate surface area is 89.6 Å². The van der Waals surface area contributed by atoms with Crippen LogP contribution in [0.15, 0.2) is 24.3 Å². The van der Waals surface area contributed by atoms with Crippen molar-refractivity contribution in [3.63, 3.8) is 0 Å². The minimum atomic E-state index is -4.07. The summed E-state index contributed by atoms with van der Waals surface area (Å²) in [5.74, 6) is 0.0524. The van der Waals surface area contributed by atoms with Crippen LogP contribution in [0.1, 0.15) is 5.56 Å². The molecule has 0 bridgehead atoms. The van der Waals surface area contributed by atoms with E-state index in [1.807, 2.05) is 0 Å². The molecule has 1 N–H and O–H groups in total. The summed E-state index contributed by atoms with van der Waals surface area (Å²) >= 11 is 0. The van der Waals surface area contributed by atoms with Crippen LogP contribution in [0.25, 0.3) is 0 Å². The van der Waals surface area contributed by atoms with E-state index in [2.05, 4.69) is 0 Å². The van der Waals surface area contributed by atoms with E-state index in [-0.39, 0.29) is 11.4 Å². The second-order valence-electron chi connectivity index (χ2n) is 2.61. The summed E-state index contributed by atoms with van der Waals surface area (Å²) in [7, 11) is -3.71. The van der Waals surface area contributed by atoms with Crippen LogP contribution >= 0.6 is 10.8 Å². The van der Waals surface area contributed by atoms with E-state index in [9.17, 15) is 18.5 Å². The third kappa shape index (κ3) is 4.28. The van der Waals surface area contributed by atoms with Crippen molar-refractivity contribution < 1.29 is 17.9 Å². The lowest BCUT2D eigenvalue weighted by atomic mass is 10.2. The highest BCUT2D eigenvalue weighted by molar-refractivity contribution is 8.69. The summed E-state index contributed by atoms with van der Waals surface area (Å²) in [5.41, 5.74) is 0.527. The van der Waals surface area contributed by atoms with Gasteiger partial charge in [0, 0.05) is 28.7 Å². The Hall–Kier alpha value is -1.12. The Morgan fingerprint density at radius 1 is 1.33 bits per heavy atom. The summed E-state index contributed by atoms with van der Waals surface area (Å²) in [6.45, 7) is 0. The van der Waals surface area contributed by atoms with Gasteiger partial charge in [-0.05, 0) is 5.56 Å². The molecule has 1 rings (SSSR count). The van der Waals surface area contributed by atoms with Gasteiger partial charge in [0.05, 0.1) is 4.92 Å². The van der Waals surface area contributed by atoms with E-state index >= 15 is 0 Å². The molecular formula is C7H7NO5S2. The van der Waals surface area contributed by atoms with Gasteiger partial charge >= 0.3 is 9.15 Å². The quantitative estimate of drug-likeness (QED) is 0.377. The number of rotatable bonds is 4. The zero-order valence-corrected chi connectivity index (χ0v) is 8.99. The Balaban J connectivity index is 2.69. The first kappa shape index (κ1) is 12.0.